The van der Waals surface area contributed by atoms with Crippen molar-refractivity contribution in [1.82, 2.24) is 10.5 Å². The SMILES string of the molecule is CCNCc1ccccc1NC(=O)Cc1ccc(OCc2c(C)noc2C)cc1.Cl. The summed E-state index contributed by atoms with van der Waals surface area (Å²) in [6, 6.07) is 15.4. The third-order valence-electron chi connectivity index (χ3n) is 4.71. The molecule has 1 amide bonds. The molecule has 0 aliphatic rings. The van der Waals surface area contributed by atoms with Crippen LogP contribution in [0.1, 0.15) is 35.1 Å². The van der Waals surface area contributed by atoms with Crippen LogP contribution in [0, 0.1) is 13.8 Å². The Morgan fingerprint density at radius 3 is 2.50 bits per heavy atom. The van der Waals surface area contributed by atoms with Gasteiger partial charge in [0.15, 0.2) is 0 Å². The molecule has 1 aromatic heterocycles. The summed E-state index contributed by atoms with van der Waals surface area (Å²) < 4.78 is 11.0. The van der Waals surface area contributed by atoms with Crippen molar-refractivity contribution in [2.24, 2.45) is 0 Å². The summed E-state index contributed by atoms with van der Waals surface area (Å²) in [4.78, 5) is 12.5. The number of anilines is 1. The summed E-state index contributed by atoms with van der Waals surface area (Å²) >= 11 is 0. The van der Waals surface area contributed by atoms with Crippen molar-refractivity contribution in [1.29, 1.82) is 0 Å². The first-order valence-electron chi connectivity index (χ1n) is 9.78. The first-order chi connectivity index (χ1) is 14.1. The molecule has 3 rings (SSSR count). The lowest BCUT2D eigenvalue weighted by atomic mass is 10.1. The predicted molar refractivity (Wildman–Crippen MR) is 120 cm³/mol. The van der Waals surface area contributed by atoms with Gasteiger partial charge in [0, 0.05) is 12.2 Å². The Balaban J connectivity index is 0.00000320. The fourth-order valence-corrected chi connectivity index (χ4v) is 3.00. The van der Waals surface area contributed by atoms with Gasteiger partial charge in [-0.05, 0) is 49.7 Å². The molecule has 0 saturated heterocycles. The number of hydrogen-bond donors (Lipinski definition) is 2. The van der Waals surface area contributed by atoms with Crippen LogP contribution >= 0.6 is 12.4 Å². The summed E-state index contributed by atoms with van der Waals surface area (Å²) in [6.07, 6.45) is 0.305. The normalized spacial score (nSPS) is 10.4. The van der Waals surface area contributed by atoms with Crippen LogP contribution in [-0.2, 0) is 24.4 Å². The number of aromatic nitrogens is 1. The zero-order valence-corrected chi connectivity index (χ0v) is 18.3. The summed E-state index contributed by atoms with van der Waals surface area (Å²) in [6.45, 7) is 7.84. The lowest BCUT2D eigenvalue weighted by Crippen LogP contribution is -2.18. The minimum atomic E-state index is -0.0432. The van der Waals surface area contributed by atoms with Crippen LogP contribution in [0.2, 0.25) is 0 Å². The lowest BCUT2D eigenvalue weighted by Gasteiger charge is -2.12. The molecular formula is C23H28ClN3O3. The van der Waals surface area contributed by atoms with E-state index >= 15 is 0 Å². The zero-order valence-electron chi connectivity index (χ0n) is 17.5. The van der Waals surface area contributed by atoms with E-state index in [1.54, 1.807) is 0 Å². The quantitative estimate of drug-likeness (QED) is 0.520. The average Bonchev–Trinajstić information content (AvgIpc) is 3.04. The molecule has 0 fully saturated rings. The highest BCUT2D eigenvalue weighted by Gasteiger charge is 2.10. The molecule has 0 atom stereocenters. The van der Waals surface area contributed by atoms with E-state index in [-0.39, 0.29) is 18.3 Å². The van der Waals surface area contributed by atoms with Crippen LogP contribution < -0.4 is 15.4 Å². The fraction of sp³-hybridized carbons (Fsp3) is 0.304. The maximum Gasteiger partial charge on any atom is 0.228 e. The Bertz CT molecular complexity index is 935. The molecule has 0 saturated carbocycles. The van der Waals surface area contributed by atoms with Crippen molar-refractivity contribution in [2.75, 3.05) is 11.9 Å². The first kappa shape index (κ1) is 23.4. The second-order valence-electron chi connectivity index (χ2n) is 6.90. The highest BCUT2D eigenvalue weighted by Crippen LogP contribution is 2.19. The first-order valence-corrected chi connectivity index (χ1v) is 9.78. The van der Waals surface area contributed by atoms with Crippen LogP contribution in [-0.4, -0.2) is 17.6 Å². The molecule has 1 heterocycles. The van der Waals surface area contributed by atoms with Crippen molar-refractivity contribution in [3.63, 3.8) is 0 Å². The van der Waals surface area contributed by atoms with Gasteiger partial charge in [-0.25, -0.2) is 0 Å². The van der Waals surface area contributed by atoms with E-state index in [4.69, 9.17) is 9.26 Å². The summed E-state index contributed by atoms with van der Waals surface area (Å²) in [5.41, 5.74) is 4.65. The predicted octanol–water partition coefficient (Wildman–Crippen LogP) is 4.58. The number of hydrogen-bond acceptors (Lipinski definition) is 5. The number of carbonyl (C=O) groups is 1. The van der Waals surface area contributed by atoms with Gasteiger partial charge in [-0.3, -0.25) is 4.79 Å². The Kier molecular flexibility index (Phi) is 8.89. The number of rotatable bonds is 9. The number of aryl methyl sites for hydroxylation is 2. The molecule has 0 unspecified atom stereocenters. The van der Waals surface area contributed by atoms with Gasteiger partial charge in [-0.2, -0.15) is 0 Å². The summed E-state index contributed by atoms with van der Waals surface area (Å²) in [7, 11) is 0. The molecule has 0 aliphatic carbocycles. The molecular weight excluding hydrogens is 402 g/mol. The topological polar surface area (TPSA) is 76.4 Å². The van der Waals surface area contributed by atoms with E-state index in [1.807, 2.05) is 62.4 Å². The van der Waals surface area contributed by atoms with E-state index in [9.17, 15) is 4.79 Å². The van der Waals surface area contributed by atoms with Gasteiger partial charge < -0.3 is 19.9 Å². The summed E-state index contributed by atoms with van der Waals surface area (Å²) in [5, 5.41) is 10.2. The van der Waals surface area contributed by atoms with Gasteiger partial charge in [0.1, 0.15) is 18.1 Å². The molecule has 0 spiro atoms. The van der Waals surface area contributed by atoms with Crippen LogP contribution in [0.4, 0.5) is 5.69 Å². The van der Waals surface area contributed by atoms with Crippen molar-refractivity contribution in [3.8, 4) is 5.75 Å². The number of ether oxygens (including phenoxy) is 1. The van der Waals surface area contributed by atoms with Crippen LogP contribution in [0.5, 0.6) is 5.75 Å². The van der Waals surface area contributed by atoms with E-state index in [0.717, 1.165) is 52.7 Å². The molecule has 30 heavy (non-hydrogen) atoms. The Hall–Kier alpha value is -2.83. The molecule has 2 aromatic carbocycles. The van der Waals surface area contributed by atoms with Gasteiger partial charge in [0.2, 0.25) is 5.91 Å². The van der Waals surface area contributed by atoms with Crippen molar-refractivity contribution in [3.05, 3.63) is 76.7 Å². The molecule has 160 valence electrons. The third kappa shape index (κ3) is 6.34. The Morgan fingerprint density at radius 2 is 1.83 bits per heavy atom. The van der Waals surface area contributed by atoms with E-state index < -0.39 is 0 Å². The molecule has 0 bridgehead atoms. The van der Waals surface area contributed by atoms with Gasteiger partial charge in [0.05, 0.1) is 17.7 Å². The number of halogens is 1. The number of carbonyl (C=O) groups excluding carboxylic acids is 1. The Morgan fingerprint density at radius 1 is 1.10 bits per heavy atom. The smallest absolute Gasteiger partial charge is 0.228 e. The van der Waals surface area contributed by atoms with Gasteiger partial charge >= 0.3 is 0 Å². The van der Waals surface area contributed by atoms with Crippen molar-refractivity contribution < 1.29 is 14.1 Å². The minimum absolute atomic E-state index is 0. The van der Waals surface area contributed by atoms with Gasteiger partial charge in [-0.15, -0.1) is 12.4 Å². The van der Waals surface area contributed by atoms with E-state index in [2.05, 4.69) is 22.7 Å². The number of amides is 1. The second-order valence-corrected chi connectivity index (χ2v) is 6.90. The maximum atomic E-state index is 12.5. The minimum Gasteiger partial charge on any atom is -0.489 e. The summed E-state index contributed by atoms with van der Waals surface area (Å²) in [5.74, 6) is 1.47. The standard InChI is InChI=1S/C23H27N3O3.ClH/c1-4-24-14-19-7-5-6-8-22(19)25-23(27)13-18-9-11-20(12-10-18)28-15-21-16(2)26-29-17(21)3;/h5-12,24H,4,13-15H2,1-3H3,(H,25,27);1H. The number of benzene rings is 2. The lowest BCUT2D eigenvalue weighted by molar-refractivity contribution is -0.115. The van der Waals surface area contributed by atoms with Gasteiger partial charge in [0.25, 0.3) is 0 Å². The molecule has 0 aliphatic heterocycles. The molecule has 6 nitrogen and oxygen atoms in total. The Labute approximate surface area is 183 Å². The number of para-hydroxylation sites is 1. The molecule has 2 N–H and O–H groups in total. The molecule has 3 aromatic rings. The monoisotopic (exact) mass is 429 g/mol. The fourth-order valence-electron chi connectivity index (χ4n) is 3.00. The highest BCUT2D eigenvalue weighted by molar-refractivity contribution is 5.93. The average molecular weight is 430 g/mol. The van der Waals surface area contributed by atoms with Crippen molar-refractivity contribution >= 4 is 24.0 Å². The number of nitrogens with zero attached hydrogens (tertiary/aromatic N) is 1. The van der Waals surface area contributed by atoms with Gasteiger partial charge in [-0.1, -0.05) is 42.4 Å². The highest BCUT2D eigenvalue weighted by atomic mass is 35.5. The third-order valence-corrected chi connectivity index (χ3v) is 4.71. The molecule has 0 radical (unpaired) electrons. The largest absolute Gasteiger partial charge is 0.489 e. The number of nitrogens with one attached hydrogen (secondary N) is 2. The molecule has 7 heteroatoms. The van der Waals surface area contributed by atoms with E-state index in [0.29, 0.717) is 13.0 Å². The second kappa shape index (κ2) is 11.4. The zero-order chi connectivity index (χ0) is 20.6. The van der Waals surface area contributed by atoms with Crippen LogP contribution in [0.15, 0.2) is 53.1 Å². The van der Waals surface area contributed by atoms with Crippen LogP contribution in [0.25, 0.3) is 0 Å². The van der Waals surface area contributed by atoms with E-state index in [1.165, 1.54) is 0 Å². The van der Waals surface area contributed by atoms with Crippen LogP contribution in [0.3, 0.4) is 0 Å². The van der Waals surface area contributed by atoms with Crippen molar-refractivity contribution in [2.45, 2.75) is 40.3 Å². The maximum absolute atomic E-state index is 12.5.